The van der Waals surface area contributed by atoms with Crippen molar-refractivity contribution in [2.75, 3.05) is 39.3 Å². The topological polar surface area (TPSA) is 52.7 Å². The summed E-state index contributed by atoms with van der Waals surface area (Å²) in [5.41, 5.74) is 6.17. The number of rotatable bonds is 5. The molecule has 1 aromatic rings. The van der Waals surface area contributed by atoms with Crippen molar-refractivity contribution in [1.29, 1.82) is 0 Å². The second-order valence-electron chi connectivity index (χ2n) is 5.05. The van der Waals surface area contributed by atoms with E-state index in [1.54, 1.807) is 11.3 Å². The molecule has 2 atom stereocenters. The molecule has 1 fully saturated rings. The van der Waals surface area contributed by atoms with Crippen LogP contribution in [0, 0.1) is 0 Å². The number of piperazine rings is 1. The highest BCUT2D eigenvalue weighted by atomic mass is 35.5. The molecule has 1 aliphatic heterocycles. The molecule has 0 aromatic carbocycles. The van der Waals surface area contributed by atoms with Gasteiger partial charge in [-0.2, -0.15) is 0 Å². The number of aliphatic hydroxyl groups excluding tert-OH is 1. The van der Waals surface area contributed by atoms with Crippen LogP contribution < -0.4 is 5.73 Å². The van der Waals surface area contributed by atoms with Crippen molar-refractivity contribution in [1.82, 2.24) is 9.80 Å². The van der Waals surface area contributed by atoms with Gasteiger partial charge in [-0.1, -0.05) is 11.6 Å². The molecule has 1 saturated heterocycles. The minimum Gasteiger partial charge on any atom is -0.395 e. The van der Waals surface area contributed by atoms with E-state index in [0.717, 1.165) is 37.1 Å². The SMILES string of the molecule is CC(N)C(c1ccc(Cl)s1)N1CCN(CCO)CC1. The Bertz CT molecular complexity index is 391. The molecule has 2 heterocycles. The maximum atomic E-state index is 8.97. The van der Waals surface area contributed by atoms with Crippen LogP contribution in [0.5, 0.6) is 0 Å². The summed E-state index contributed by atoms with van der Waals surface area (Å²) in [6.45, 7) is 7.01. The number of hydrogen-bond donors (Lipinski definition) is 2. The Balaban J connectivity index is 2.01. The first-order valence-corrected chi connectivity index (χ1v) is 7.89. The Labute approximate surface area is 123 Å². The van der Waals surface area contributed by atoms with Gasteiger partial charge in [0, 0.05) is 43.6 Å². The van der Waals surface area contributed by atoms with E-state index in [1.165, 1.54) is 4.88 Å². The van der Waals surface area contributed by atoms with Crippen LogP contribution in [0.1, 0.15) is 17.8 Å². The quantitative estimate of drug-likeness (QED) is 0.863. The van der Waals surface area contributed by atoms with Crippen LogP contribution in [0.2, 0.25) is 4.34 Å². The maximum absolute atomic E-state index is 8.97. The molecule has 108 valence electrons. The van der Waals surface area contributed by atoms with Crippen molar-refractivity contribution in [3.8, 4) is 0 Å². The van der Waals surface area contributed by atoms with Gasteiger partial charge in [-0.15, -0.1) is 11.3 Å². The third-order valence-corrected chi connectivity index (χ3v) is 4.90. The van der Waals surface area contributed by atoms with Crippen LogP contribution in [0.4, 0.5) is 0 Å². The van der Waals surface area contributed by atoms with Crippen molar-refractivity contribution in [3.63, 3.8) is 0 Å². The van der Waals surface area contributed by atoms with E-state index < -0.39 is 0 Å². The van der Waals surface area contributed by atoms with E-state index in [-0.39, 0.29) is 18.7 Å². The van der Waals surface area contributed by atoms with Gasteiger partial charge in [-0.05, 0) is 19.1 Å². The lowest BCUT2D eigenvalue weighted by Gasteiger charge is -2.40. The lowest BCUT2D eigenvalue weighted by Crippen LogP contribution is -2.51. The standard InChI is InChI=1S/C13H22ClN3OS/c1-10(15)13(11-2-3-12(14)19-11)17-6-4-16(5-7-17)8-9-18/h2-3,10,13,18H,4-9,15H2,1H3. The Hall–Kier alpha value is -0.170. The summed E-state index contributed by atoms with van der Waals surface area (Å²) in [7, 11) is 0. The summed E-state index contributed by atoms with van der Waals surface area (Å²) in [6, 6.07) is 4.35. The van der Waals surface area contributed by atoms with Crippen LogP contribution in [-0.4, -0.2) is 60.3 Å². The molecule has 3 N–H and O–H groups in total. The lowest BCUT2D eigenvalue weighted by atomic mass is 10.1. The third-order valence-electron chi connectivity index (χ3n) is 3.60. The molecule has 0 aliphatic carbocycles. The fraction of sp³-hybridized carbons (Fsp3) is 0.692. The number of hydrogen-bond acceptors (Lipinski definition) is 5. The Morgan fingerprint density at radius 3 is 2.53 bits per heavy atom. The highest BCUT2D eigenvalue weighted by Crippen LogP contribution is 2.32. The highest BCUT2D eigenvalue weighted by Gasteiger charge is 2.28. The summed E-state index contributed by atoms with van der Waals surface area (Å²) in [5.74, 6) is 0. The van der Waals surface area contributed by atoms with Gasteiger partial charge < -0.3 is 10.8 Å². The molecule has 6 heteroatoms. The van der Waals surface area contributed by atoms with Crippen molar-refractivity contribution < 1.29 is 5.11 Å². The van der Waals surface area contributed by atoms with Gasteiger partial charge in [-0.3, -0.25) is 9.80 Å². The molecule has 2 rings (SSSR count). The fourth-order valence-electron chi connectivity index (χ4n) is 2.67. The van der Waals surface area contributed by atoms with Crippen LogP contribution in [0.25, 0.3) is 0 Å². The van der Waals surface area contributed by atoms with Crippen LogP contribution in [0.15, 0.2) is 12.1 Å². The average molecular weight is 304 g/mol. The second-order valence-corrected chi connectivity index (χ2v) is 6.79. The van der Waals surface area contributed by atoms with Crippen LogP contribution in [0.3, 0.4) is 0 Å². The molecule has 2 unspecified atom stereocenters. The number of halogens is 1. The van der Waals surface area contributed by atoms with Gasteiger partial charge in [0.1, 0.15) is 0 Å². The van der Waals surface area contributed by atoms with Gasteiger partial charge >= 0.3 is 0 Å². The molecule has 0 saturated carbocycles. The molecular weight excluding hydrogens is 282 g/mol. The number of nitrogens with zero attached hydrogens (tertiary/aromatic N) is 2. The summed E-state index contributed by atoms with van der Waals surface area (Å²) in [6.07, 6.45) is 0. The van der Waals surface area contributed by atoms with E-state index in [9.17, 15) is 0 Å². The largest absolute Gasteiger partial charge is 0.395 e. The summed E-state index contributed by atoms with van der Waals surface area (Å²) >= 11 is 7.65. The van der Waals surface area contributed by atoms with Gasteiger partial charge in [-0.25, -0.2) is 0 Å². The summed E-state index contributed by atoms with van der Waals surface area (Å²) in [5, 5.41) is 8.97. The average Bonchev–Trinajstić information content (AvgIpc) is 2.78. The monoisotopic (exact) mass is 303 g/mol. The van der Waals surface area contributed by atoms with Gasteiger partial charge in [0.15, 0.2) is 0 Å². The Kier molecular flexibility index (Phi) is 5.62. The predicted molar refractivity (Wildman–Crippen MR) is 80.8 cm³/mol. The number of nitrogens with two attached hydrogens (primary N) is 1. The number of thiophene rings is 1. The zero-order valence-electron chi connectivity index (χ0n) is 11.3. The summed E-state index contributed by atoms with van der Waals surface area (Å²) < 4.78 is 0.819. The van der Waals surface area contributed by atoms with Crippen molar-refractivity contribution in [2.45, 2.75) is 19.0 Å². The highest BCUT2D eigenvalue weighted by molar-refractivity contribution is 7.16. The van der Waals surface area contributed by atoms with Crippen molar-refractivity contribution in [3.05, 3.63) is 21.3 Å². The molecule has 1 aliphatic rings. The lowest BCUT2D eigenvalue weighted by molar-refractivity contribution is 0.0772. The third kappa shape index (κ3) is 3.90. The number of aliphatic hydroxyl groups is 1. The van der Waals surface area contributed by atoms with E-state index in [1.807, 2.05) is 6.07 Å². The molecule has 1 aromatic heterocycles. The number of β-amino-alcohol motifs (C(OH)–C–C–N with tert-alkyl or cyclic N) is 1. The van der Waals surface area contributed by atoms with E-state index >= 15 is 0 Å². The fourth-order valence-corrected chi connectivity index (χ4v) is 3.98. The van der Waals surface area contributed by atoms with Crippen molar-refractivity contribution in [2.24, 2.45) is 5.73 Å². The van der Waals surface area contributed by atoms with Gasteiger partial charge in [0.25, 0.3) is 0 Å². The Morgan fingerprint density at radius 1 is 1.37 bits per heavy atom. The minimum atomic E-state index is 0.0825. The molecular formula is C13H22ClN3OS. The molecule has 0 bridgehead atoms. The maximum Gasteiger partial charge on any atom is 0.0931 e. The zero-order chi connectivity index (χ0) is 13.8. The summed E-state index contributed by atoms with van der Waals surface area (Å²) in [4.78, 5) is 5.97. The molecule has 4 nitrogen and oxygen atoms in total. The van der Waals surface area contributed by atoms with Crippen LogP contribution in [-0.2, 0) is 0 Å². The van der Waals surface area contributed by atoms with E-state index in [0.29, 0.717) is 0 Å². The molecule has 0 amide bonds. The van der Waals surface area contributed by atoms with Gasteiger partial charge in [0.05, 0.1) is 17.0 Å². The zero-order valence-corrected chi connectivity index (χ0v) is 12.8. The predicted octanol–water partition coefficient (Wildman–Crippen LogP) is 1.40. The normalized spacial score (nSPS) is 21.5. The van der Waals surface area contributed by atoms with E-state index in [2.05, 4.69) is 22.8 Å². The molecule has 19 heavy (non-hydrogen) atoms. The first-order chi connectivity index (χ1) is 9.11. The smallest absolute Gasteiger partial charge is 0.0931 e. The second kappa shape index (κ2) is 7.02. The Morgan fingerprint density at radius 2 is 2.05 bits per heavy atom. The first-order valence-electron chi connectivity index (χ1n) is 6.70. The first kappa shape index (κ1) is 15.2. The van der Waals surface area contributed by atoms with E-state index in [4.69, 9.17) is 22.4 Å². The van der Waals surface area contributed by atoms with Crippen LogP contribution >= 0.6 is 22.9 Å². The van der Waals surface area contributed by atoms with Crippen molar-refractivity contribution >= 4 is 22.9 Å². The molecule has 0 spiro atoms. The minimum absolute atomic E-state index is 0.0825. The van der Waals surface area contributed by atoms with Gasteiger partial charge in [0.2, 0.25) is 0 Å². The molecule has 0 radical (unpaired) electrons.